The number of amidine groups is 1. The van der Waals surface area contributed by atoms with Gasteiger partial charge in [0.2, 0.25) is 0 Å². The SMILES string of the molecule is CCOc1ccc(CN2CCN(C(=N)SC#N)CC2)cc1. The van der Waals surface area contributed by atoms with Gasteiger partial charge in [-0.1, -0.05) is 12.1 Å². The maximum absolute atomic E-state index is 8.60. The normalized spacial score (nSPS) is 15.5. The molecule has 0 spiro atoms. The van der Waals surface area contributed by atoms with Crippen molar-refractivity contribution in [1.82, 2.24) is 9.80 Å². The lowest BCUT2D eigenvalue weighted by Crippen LogP contribution is -2.47. The molecule has 1 aliphatic heterocycles. The van der Waals surface area contributed by atoms with Crippen LogP contribution in [-0.4, -0.2) is 47.8 Å². The zero-order valence-electron chi connectivity index (χ0n) is 12.2. The smallest absolute Gasteiger partial charge is 0.171 e. The van der Waals surface area contributed by atoms with Crippen molar-refractivity contribution in [2.75, 3.05) is 32.8 Å². The monoisotopic (exact) mass is 304 g/mol. The highest BCUT2D eigenvalue weighted by molar-refractivity contribution is 8.17. The molecule has 1 heterocycles. The molecule has 0 aromatic heterocycles. The van der Waals surface area contributed by atoms with Crippen LogP contribution < -0.4 is 4.74 Å². The molecule has 0 radical (unpaired) electrons. The Morgan fingerprint density at radius 2 is 1.95 bits per heavy atom. The van der Waals surface area contributed by atoms with E-state index in [4.69, 9.17) is 15.4 Å². The minimum absolute atomic E-state index is 0.359. The van der Waals surface area contributed by atoms with Gasteiger partial charge in [-0.15, -0.1) is 0 Å². The predicted octanol–water partition coefficient (Wildman–Crippen LogP) is 2.35. The molecule has 1 saturated heterocycles. The summed E-state index contributed by atoms with van der Waals surface area (Å²) in [4.78, 5) is 4.33. The average molecular weight is 304 g/mol. The van der Waals surface area contributed by atoms with Crippen LogP contribution in [0.3, 0.4) is 0 Å². The largest absolute Gasteiger partial charge is 0.494 e. The summed E-state index contributed by atoms with van der Waals surface area (Å²) >= 11 is 0.932. The Kier molecular flexibility index (Phi) is 5.90. The third-order valence-electron chi connectivity index (χ3n) is 3.44. The van der Waals surface area contributed by atoms with Crippen LogP contribution >= 0.6 is 11.8 Å². The number of hydrogen-bond acceptors (Lipinski definition) is 5. The molecular weight excluding hydrogens is 284 g/mol. The van der Waals surface area contributed by atoms with E-state index in [-0.39, 0.29) is 0 Å². The minimum atomic E-state index is 0.359. The molecule has 5 nitrogen and oxygen atoms in total. The average Bonchev–Trinajstić information content (AvgIpc) is 2.50. The highest BCUT2D eigenvalue weighted by atomic mass is 32.2. The van der Waals surface area contributed by atoms with E-state index >= 15 is 0 Å². The first-order valence-electron chi connectivity index (χ1n) is 7.06. The first kappa shape index (κ1) is 15.7. The molecule has 6 heteroatoms. The van der Waals surface area contributed by atoms with E-state index < -0.39 is 0 Å². The second-order valence-corrected chi connectivity index (χ2v) is 5.61. The van der Waals surface area contributed by atoms with Crippen molar-refractivity contribution in [2.45, 2.75) is 13.5 Å². The lowest BCUT2D eigenvalue weighted by molar-refractivity contribution is 0.177. The number of benzene rings is 1. The highest BCUT2D eigenvalue weighted by Crippen LogP contribution is 2.15. The van der Waals surface area contributed by atoms with Crippen LogP contribution in [0.2, 0.25) is 0 Å². The lowest BCUT2D eigenvalue weighted by atomic mass is 10.2. The summed E-state index contributed by atoms with van der Waals surface area (Å²) in [7, 11) is 0. The summed E-state index contributed by atoms with van der Waals surface area (Å²) in [6.07, 6.45) is 0. The molecule has 0 atom stereocenters. The molecule has 1 N–H and O–H groups in total. The lowest BCUT2D eigenvalue weighted by Gasteiger charge is -2.35. The van der Waals surface area contributed by atoms with Crippen LogP contribution in [-0.2, 0) is 6.54 Å². The van der Waals surface area contributed by atoms with Gasteiger partial charge >= 0.3 is 0 Å². The quantitative estimate of drug-likeness (QED) is 0.525. The predicted molar refractivity (Wildman–Crippen MR) is 85.4 cm³/mol. The number of piperazine rings is 1. The number of rotatable bonds is 4. The van der Waals surface area contributed by atoms with Crippen molar-refractivity contribution in [2.24, 2.45) is 0 Å². The molecule has 112 valence electrons. The maximum atomic E-state index is 8.60. The molecule has 0 amide bonds. The summed E-state index contributed by atoms with van der Waals surface area (Å²) < 4.78 is 5.44. The molecular formula is C15H20N4OS. The Bertz CT molecular complexity index is 503. The standard InChI is InChI=1S/C15H20N4OS/c1-2-20-14-5-3-13(4-6-14)11-18-7-9-19(10-8-18)15(17)21-12-16/h3-6,17H,2,7-11H2,1H3. The van der Waals surface area contributed by atoms with E-state index in [2.05, 4.69) is 17.0 Å². The zero-order valence-corrected chi connectivity index (χ0v) is 13.0. The van der Waals surface area contributed by atoms with Crippen molar-refractivity contribution < 1.29 is 4.74 Å². The molecule has 1 fully saturated rings. The fourth-order valence-corrected chi connectivity index (χ4v) is 2.73. The van der Waals surface area contributed by atoms with Gasteiger partial charge in [0.05, 0.1) is 6.61 Å². The first-order valence-corrected chi connectivity index (χ1v) is 7.88. The Hall–Kier alpha value is -1.71. The van der Waals surface area contributed by atoms with Gasteiger partial charge in [-0.25, -0.2) is 0 Å². The summed E-state index contributed by atoms with van der Waals surface area (Å²) in [6, 6.07) is 8.22. The van der Waals surface area contributed by atoms with Crippen LogP contribution in [0.15, 0.2) is 24.3 Å². The van der Waals surface area contributed by atoms with Gasteiger partial charge in [0.15, 0.2) is 5.17 Å². The first-order chi connectivity index (χ1) is 10.2. The Balaban J connectivity index is 1.80. The van der Waals surface area contributed by atoms with E-state index in [1.807, 2.05) is 29.4 Å². The Morgan fingerprint density at radius 3 is 2.52 bits per heavy atom. The number of thioether (sulfide) groups is 1. The van der Waals surface area contributed by atoms with Crippen molar-refractivity contribution >= 4 is 16.9 Å². The molecule has 0 bridgehead atoms. The molecule has 2 rings (SSSR count). The summed E-state index contributed by atoms with van der Waals surface area (Å²) in [5.41, 5.74) is 1.27. The van der Waals surface area contributed by atoms with Crippen LogP contribution in [0.25, 0.3) is 0 Å². The van der Waals surface area contributed by atoms with Crippen molar-refractivity contribution in [3.05, 3.63) is 29.8 Å². The van der Waals surface area contributed by atoms with Gasteiger partial charge in [0.1, 0.15) is 11.2 Å². The Morgan fingerprint density at radius 1 is 1.29 bits per heavy atom. The fraction of sp³-hybridized carbons (Fsp3) is 0.467. The van der Waals surface area contributed by atoms with Crippen LogP contribution in [0.1, 0.15) is 12.5 Å². The number of ether oxygens (including phenoxy) is 1. The molecule has 0 unspecified atom stereocenters. The number of thiocyanates is 1. The van der Waals surface area contributed by atoms with E-state index in [1.54, 1.807) is 0 Å². The summed E-state index contributed by atoms with van der Waals surface area (Å²) in [5, 5.41) is 18.7. The van der Waals surface area contributed by atoms with Crippen molar-refractivity contribution in [3.8, 4) is 11.2 Å². The van der Waals surface area contributed by atoms with Gasteiger partial charge in [-0.05, 0) is 24.6 Å². The number of nitriles is 1. The molecule has 1 aromatic carbocycles. The summed E-state index contributed by atoms with van der Waals surface area (Å²) in [6.45, 7) is 7.04. The summed E-state index contributed by atoms with van der Waals surface area (Å²) in [5.74, 6) is 0.910. The Labute approximate surface area is 130 Å². The van der Waals surface area contributed by atoms with Gasteiger partial charge in [0, 0.05) is 44.5 Å². The third kappa shape index (κ3) is 4.66. The van der Waals surface area contributed by atoms with E-state index in [0.29, 0.717) is 11.8 Å². The fourth-order valence-electron chi connectivity index (χ4n) is 2.33. The molecule has 1 aliphatic rings. The number of hydrogen-bond donors (Lipinski definition) is 1. The van der Waals surface area contributed by atoms with Gasteiger partial charge < -0.3 is 9.64 Å². The van der Waals surface area contributed by atoms with E-state index in [1.165, 1.54) is 5.56 Å². The van der Waals surface area contributed by atoms with Gasteiger partial charge in [0.25, 0.3) is 0 Å². The van der Waals surface area contributed by atoms with Crippen LogP contribution in [0, 0.1) is 16.1 Å². The third-order valence-corrected chi connectivity index (χ3v) is 3.99. The minimum Gasteiger partial charge on any atom is -0.494 e. The van der Waals surface area contributed by atoms with Gasteiger partial charge in [-0.2, -0.15) is 5.26 Å². The maximum Gasteiger partial charge on any atom is 0.171 e. The topological polar surface area (TPSA) is 63.4 Å². The van der Waals surface area contributed by atoms with E-state index in [9.17, 15) is 0 Å². The van der Waals surface area contributed by atoms with Crippen molar-refractivity contribution in [3.63, 3.8) is 0 Å². The van der Waals surface area contributed by atoms with Crippen LogP contribution in [0.5, 0.6) is 5.75 Å². The number of nitrogens with zero attached hydrogens (tertiary/aromatic N) is 3. The molecule has 0 aliphatic carbocycles. The zero-order chi connectivity index (χ0) is 15.1. The van der Waals surface area contributed by atoms with E-state index in [0.717, 1.165) is 50.2 Å². The molecule has 1 aromatic rings. The van der Waals surface area contributed by atoms with Crippen molar-refractivity contribution in [1.29, 1.82) is 10.7 Å². The molecule has 21 heavy (non-hydrogen) atoms. The molecule has 0 saturated carbocycles. The van der Waals surface area contributed by atoms with Crippen LogP contribution in [0.4, 0.5) is 0 Å². The second-order valence-electron chi connectivity index (χ2n) is 4.84. The second kappa shape index (κ2) is 7.91. The highest BCUT2D eigenvalue weighted by Gasteiger charge is 2.19. The van der Waals surface area contributed by atoms with Gasteiger partial charge in [-0.3, -0.25) is 10.3 Å². The number of nitrogens with one attached hydrogen (secondary N) is 1.